The molecule has 0 spiro atoms. The molecule has 13 atom stereocenters. The van der Waals surface area contributed by atoms with Crippen LogP contribution < -0.4 is 75.7 Å². The molecule has 43 nitrogen and oxygen atoms in total. The lowest BCUT2D eigenvalue weighted by atomic mass is 9.97. The average Bonchev–Trinajstić information content (AvgIpc) is 1.03. The lowest BCUT2D eigenvalue weighted by Crippen LogP contribution is -2.60. The standard InChI is InChI=1S/C90H124N26O17S/c1-9-11-32-70-84(128)102-61(31-21-35-96-90(93)94)80(124)108-69(79(123)98-45-74(92)119)48-134-49-76(121)101-66(38-53-23-14-13-15-24-53)87(131)113(7)52(5)78(122)105-67(42-73(91)118)88(132)115-36-22-34-71(115)85(129)104-64(41-57-44-95-50-99-57)82(126)106-65(37-51(3)4)86(130)112(6)46-75(120)100-63(40-56-43-97-60-30-19-18-29-59(56)60)81(125)107-68(47-117)83(127)103-62(39-55-27-20-26-54-25-16-17-28-58(54)55)77-109-110-111-116(77)72(33-12-10-2)89(133)114(70)8/h13-20,23-30,43-44,50-52,61-72,97,117H,9-12,21-22,31-42,45-49H2,1-8H3,(H2,91,118)(H2,92,119)(H,95,99)(H,98,123)(H,100,120)(H,101,121)(H,102,128)(H,103,127)(H,104,129)(H,105,122)(H,106,126)(H,107,125)(H,108,124)(H4,93,94,96)/t52-,61+,62-,63-,64-,65-,66-,67-,68-,69+,70-,71-,72-/m0/s1. The predicted octanol–water partition coefficient (Wildman–Crippen LogP) is -1.39. The number of H-pyrrole nitrogens is 2. The highest BCUT2D eigenvalue weighted by Gasteiger charge is 2.44. The van der Waals surface area contributed by atoms with Crippen molar-refractivity contribution in [1.82, 2.24) is 113 Å². The van der Waals surface area contributed by atoms with E-state index < -0.39 is 217 Å². The van der Waals surface area contributed by atoms with Crippen molar-refractivity contribution >= 4 is 134 Å². The number of aromatic nitrogens is 7. The summed E-state index contributed by atoms with van der Waals surface area (Å²) in [6.45, 7) is 6.07. The quantitative estimate of drug-likeness (QED) is 0.0169. The molecule has 7 aromatic rings. The molecule has 0 saturated carbocycles. The van der Waals surface area contributed by atoms with E-state index in [-0.39, 0.29) is 95.5 Å². The second-order valence-electron chi connectivity index (χ2n) is 34.0. The number of nitrogens with one attached hydrogen (secondary N) is 14. The third-order valence-corrected chi connectivity index (χ3v) is 24.4. The molecule has 2 aliphatic rings. The number of nitrogens with two attached hydrogens (primary N) is 3. The van der Waals surface area contributed by atoms with Gasteiger partial charge in [0.05, 0.1) is 44.2 Å². The Morgan fingerprint density at radius 3 is 1.87 bits per heavy atom. The van der Waals surface area contributed by atoms with Crippen LogP contribution in [-0.2, 0) is 102 Å². The van der Waals surface area contributed by atoms with Gasteiger partial charge in [0.1, 0.15) is 72.5 Å². The number of carbonyl (C=O) groups is 16. The van der Waals surface area contributed by atoms with Crippen LogP contribution >= 0.6 is 11.8 Å². The van der Waals surface area contributed by atoms with Crippen molar-refractivity contribution in [2.24, 2.45) is 23.1 Å². The number of rotatable bonds is 26. The maximum Gasteiger partial charge on any atom is 0.248 e. The maximum atomic E-state index is 15.8. The molecule has 9 rings (SSSR count). The summed E-state index contributed by atoms with van der Waals surface area (Å²) in [6.07, 6.45) is 4.77. The van der Waals surface area contributed by atoms with E-state index in [0.29, 0.717) is 59.0 Å². The summed E-state index contributed by atoms with van der Waals surface area (Å²) in [6, 6.07) is 9.22. The van der Waals surface area contributed by atoms with Gasteiger partial charge in [-0.15, -0.1) is 16.9 Å². The summed E-state index contributed by atoms with van der Waals surface area (Å²) in [5.74, 6) is -16.1. The minimum absolute atomic E-state index is 0.00948. The second kappa shape index (κ2) is 50.6. The molecule has 2 aliphatic heterocycles. The van der Waals surface area contributed by atoms with Crippen LogP contribution in [0, 0.1) is 11.3 Å². The van der Waals surface area contributed by atoms with Crippen molar-refractivity contribution in [2.45, 2.75) is 216 Å². The van der Waals surface area contributed by atoms with E-state index in [1.54, 1.807) is 80.7 Å². The number of hydrogen-bond donors (Lipinski definition) is 18. The van der Waals surface area contributed by atoms with Gasteiger partial charge in [-0.3, -0.25) is 82.1 Å². The van der Waals surface area contributed by atoms with Gasteiger partial charge >= 0.3 is 0 Å². The Balaban J connectivity index is 1.10. The molecular weight excluding hydrogens is 1750 g/mol. The largest absolute Gasteiger partial charge is 0.394 e. The number of para-hydroxylation sites is 1. The van der Waals surface area contributed by atoms with Gasteiger partial charge in [0.15, 0.2) is 11.8 Å². The van der Waals surface area contributed by atoms with E-state index in [1.165, 1.54) is 50.2 Å². The van der Waals surface area contributed by atoms with Crippen LogP contribution in [0.3, 0.4) is 0 Å². The Bertz CT molecular complexity index is 5280. The third-order valence-electron chi connectivity index (χ3n) is 23.4. The van der Waals surface area contributed by atoms with Crippen molar-refractivity contribution in [3.8, 4) is 0 Å². The molecule has 0 bridgehead atoms. The maximum absolute atomic E-state index is 15.8. The minimum Gasteiger partial charge on any atom is -0.394 e. The van der Waals surface area contributed by atoms with Crippen molar-refractivity contribution in [1.29, 1.82) is 5.41 Å². The number of unbranched alkanes of at least 4 members (excludes halogenated alkanes) is 2. The highest BCUT2D eigenvalue weighted by molar-refractivity contribution is 8.00. The molecule has 134 heavy (non-hydrogen) atoms. The third kappa shape index (κ3) is 29.5. The average molecular weight is 1870 g/mol. The summed E-state index contributed by atoms with van der Waals surface area (Å²) in [5, 5.41) is 63.9. The molecule has 722 valence electrons. The SMILES string of the molecule is CCCC[C@H]1C(=O)N[C@H](CCCNC(=N)N)C(=O)N[C@@H](C(=O)NCC(N)=O)CSCC(=O)N[C@@H](Cc2ccccc2)C(=O)N(C)[C@@H](C)C(=O)N[C@@H](CC(N)=O)C(=O)N2CCC[C@H]2C(=O)N[C@@H](Cc2cnc[nH]2)C(=O)N[C@@H](CC(C)C)C(=O)N(C)CC(=O)N[C@@H](Cc2c[nH]c3ccccc23)C(=O)N[C@@H](CO)C(=O)N[C@@H](Cc2cccc3ccccc23)c2nnnn2[C@@H](CCCC)C(=O)N1C. The van der Waals surface area contributed by atoms with E-state index in [2.05, 4.69) is 89.0 Å². The number of aromatic amines is 2. The van der Waals surface area contributed by atoms with E-state index >= 15 is 24.0 Å². The van der Waals surface area contributed by atoms with Crippen LogP contribution in [0.4, 0.5) is 0 Å². The Morgan fingerprint density at radius 2 is 1.19 bits per heavy atom. The summed E-state index contributed by atoms with van der Waals surface area (Å²) < 4.78 is 1.24. The van der Waals surface area contributed by atoms with Crippen molar-refractivity contribution in [3.63, 3.8) is 0 Å². The molecule has 0 aliphatic carbocycles. The first-order chi connectivity index (χ1) is 64.1. The van der Waals surface area contributed by atoms with E-state index in [9.17, 15) is 57.8 Å². The number of amides is 16. The van der Waals surface area contributed by atoms with Crippen LogP contribution in [0.25, 0.3) is 21.7 Å². The Hall–Kier alpha value is -13.9. The fourth-order valence-corrected chi connectivity index (χ4v) is 17.0. The highest BCUT2D eigenvalue weighted by atomic mass is 32.2. The first kappa shape index (κ1) is 104. The molecule has 4 aromatic carbocycles. The van der Waals surface area contributed by atoms with Crippen LogP contribution in [0.5, 0.6) is 0 Å². The number of hydrogen-bond acceptors (Lipinski definition) is 23. The first-order valence-corrected chi connectivity index (χ1v) is 45.9. The molecule has 1 fully saturated rings. The molecule has 0 radical (unpaired) electrons. The number of carbonyl (C=O) groups excluding carboxylic acids is 16. The normalized spacial score (nSPS) is 23.1. The number of aliphatic hydroxyl groups is 1. The van der Waals surface area contributed by atoms with Crippen LogP contribution in [0.1, 0.15) is 152 Å². The zero-order chi connectivity index (χ0) is 97.4. The summed E-state index contributed by atoms with van der Waals surface area (Å²) >= 11 is 0.804. The molecule has 44 heteroatoms. The molecule has 21 N–H and O–H groups in total. The van der Waals surface area contributed by atoms with Gasteiger partial charge in [0, 0.05) is 94.7 Å². The lowest BCUT2D eigenvalue weighted by molar-refractivity contribution is -0.145. The van der Waals surface area contributed by atoms with E-state index in [0.717, 1.165) is 37.2 Å². The van der Waals surface area contributed by atoms with Crippen LogP contribution in [-0.4, -0.2) is 292 Å². The molecule has 0 unspecified atom stereocenters. The number of aliphatic hydroxyl groups excluding tert-OH is 1. The van der Waals surface area contributed by atoms with Gasteiger partial charge in [0.25, 0.3) is 0 Å². The van der Waals surface area contributed by atoms with E-state index in [1.807, 2.05) is 50.2 Å². The number of imidazole rings is 1. The second-order valence-corrected chi connectivity index (χ2v) is 35.0. The number of thioether (sulfide) groups is 1. The molecule has 1 saturated heterocycles. The molecule has 3 aromatic heterocycles. The monoisotopic (exact) mass is 1870 g/mol. The number of tetrazole rings is 1. The number of guanidine groups is 1. The Labute approximate surface area is 779 Å². The Morgan fingerprint density at radius 1 is 0.575 bits per heavy atom. The fraction of sp³-hybridized carbons (Fsp3) is 0.500. The summed E-state index contributed by atoms with van der Waals surface area (Å²) in [5.41, 5.74) is 19.6. The van der Waals surface area contributed by atoms with Crippen LogP contribution in [0.2, 0.25) is 0 Å². The van der Waals surface area contributed by atoms with E-state index in [4.69, 9.17) is 22.6 Å². The van der Waals surface area contributed by atoms with Gasteiger partial charge < -0.3 is 110 Å². The van der Waals surface area contributed by atoms with Gasteiger partial charge in [-0.2, -0.15) is 0 Å². The van der Waals surface area contributed by atoms with Gasteiger partial charge in [-0.05, 0) is 102 Å². The zero-order valence-corrected chi connectivity index (χ0v) is 77.3. The zero-order valence-electron chi connectivity index (χ0n) is 76.5. The predicted molar refractivity (Wildman–Crippen MR) is 495 cm³/mol. The fourth-order valence-electron chi connectivity index (χ4n) is 16.1. The number of likely N-dealkylation sites (N-methyl/N-ethyl adjacent to an activating group) is 3. The smallest absolute Gasteiger partial charge is 0.248 e. The van der Waals surface area contributed by atoms with Crippen molar-refractivity contribution in [2.75, 3.05) is 65.4 Å². The molecule has 5 heterocycles. The number of benzene rings is 4. The van der Waals surface area contributed by atoms with Gasteiger partial charge in [-0.1, -0.05) is 144 Å². The van der Waals surface area contributed by atoms with Crippen molar-refractivity contribution < 1.29 is 81.8 Å². The highest BCUT2D eigenvalue weighted by Crippen LogP contribution is 2.30. The Kier molecular flexibility index (Phi) is 39.2. The van der Waals surface area contributed by atoms with Crippen LogP contribution in [0.15, 0.2) is 116 Å². The van der Waals surface area contributed by atoms with Crippen molar-refractivity contribution in [3.05, 3.63) is 144 Å². The molecule has 16 amide bonds. The van der Waals surface area contributed by atoms with Gasteiger partial charge in [-0.25, -0.2) is 9.67 Å². The number of primary amides is 2. The topological polar surface area (TPSA) is 629 Å². The number of fused-ring (bicyclic) bond motifs is 4. The number of nitrogens with zero attached hydrogens (tertiary/aromatic N) is 9. The molecular formula is C90H124N26O17S. The summed E-state index contributed by atoms with van der Waals surface area (Å²) in [4.78, 5) is 248. The minimum atomic E-state index is -1.79. The lowest BCUT2D eigenvalue weighted by Gasteiger charge is -2.32. The van der Waals surface area contributed by atoms with Gasteiger partial charge in [0.2, 0.25) is 94.5 Å². The first-order valence-electron chi connectivity index (χ1n) is 44.8. The summed E-state index contributed by atoms with van der Waals surface area (Å²) in [7, 11) is 3.95.